The first-order valence-electron chi connectivity index (χ1n) is 13.4. The van der Waals surface area contributed by atoms with Crippen LogP contribution < -0.4 is 19.1 Å². The Bertz CT molecular complexity index is 1420. The number of ether oxygens (including phenoxy) is 3. The van der Waals surface area contributed by atoms with Crippen molar-refractivity contribution < 1.29 is 23.8 Å². The van der Waals surface area contributed by atoms with E-state index in [0.717, 1.165) is 23.4 Å². The van der Waals surface area contributed by atoms with Gasteiger partial charge in [0.2, 0.25) is 5.91 Å². The summed E-state index contributed by atoms with van der Waals surface area (Å²) < 4.78 is 16.7. The van der Waals surface area contributed by atoms with E-state index in [1.807, 2.05) is 46.2 Å². The topological polar surface area (TPSA) is 71.6 Å². The number of carbonyl (C=O) groups excluding carboxylic acids is 2. The van der Waals surface area contributed by atoms with Gasteiger partial charge >= 0.3 is 0 Å². The van der Waals surface area contributed by atoms with E-state index in [0.29, 0.717) is 55.3 Å². The van der Waals surface area contributed by atoms with Crippen molar-refractivity contribution in [3.63, 3.8) is 0 Å². The lowest BCUT2D eigenvalue weighted by atomic mass is 9.75. The molecule has 3 heterocycles. The third kappa shape index (κ3) is 4.15. The number of hydrogen-bond acceptors (Lipinski definition) is 6. The van der Waals surface area contributed by atoms with E-state index in [9.17, 15) is 9.59 Å². The molecule has 8 nitrogen and oxygen atoms in total. The van der Waals surface area contributed by atoms with Crippen LogP contribution in [-0.2, 0) is 11.2 Å². The van der Waals surface area contributed by atoms with Gasteiger partial charge in [-0.05, 0) is 47.4 Å². The molecule has 1 saturated heterocycles. The molecule has 0 aliphatic carbocycles. The van der Waals surface area contributed by atoms with Crippen molar-refractivity contribution >= 4 is 17.5 Å². The van der Waals surface area contributed by atoms with Gasteiger partial charge in [0.1, 0.15) is 5.75 Å². The van der Waals surface area contributed by atoms with Gasteiger partial charge in [0, 0.05) is 38.3 Å². The van der Waals surface area contributed by atoms with Gasteiger partial charge in [-0.3, -0.25) is 9.59 Å². The Labute approximate surface area is 228 Å². The second-order valence-corrected chi connectivity index (χ2v) is 10.1. The third-order valence-electron chi connectivity index (χ3n) is 8.31. The normalized spacial score (nSPS) is 20.1. The molecular formula is C31H33N3O5. The maximum absolute atomic E-state index is 14.5. The number of nitrogens with zero attached hydrogens (tertiary/aromatic N) is 3. The summed E-state index contributed by atoms with van der Waals surface area (Å²) in [5.74, 6) is 1.24. The third-order valence-corrected chi connectivity index (χ3v) is 8.31. The van der Waals surface area contributed by atoms with E-state index in [1.165, 1.54) is 5.56 Å². The van der Waals surface area contributed by atoms with Crippen LogP contribution in [0.25, 0.3) is 0 Å². The lowest BCUT2D eigenvalue weighted by Crippen LogP contribution is -2.54. The Morgan fingerprint density at radius 2 is 1.44 bits per heavy atom. The molecule has 0 bridgehead atoms. The van der Waals surface area contributed by atoms with Crippen LogP contribution in [0.2, 0.25) is 0 Å². The van der Waals surface area contributed by atoms with Crippen LogP contribution in [0.3, 0.4) is 0 Å². The molecule has 0 saturated carbocycles. The molecule has 0 radical (unpaired) electrons. The number of piperazine rings is 1. The molecule has 39 heavy (non-hydrogen) atoms. The number of amides is 2. The van der Waals surface area contributed by atoms with Gasteiger partial charge in [-0.15, -0.1) is 0 Å². The van der Waals surface area contributed by atoms with Crippen LogP contribution in [0.5, 0.6) is 17.2 Å². The monoisotopic (exact) mass is 527 g/mol. The van der Waals surface area contributed by atoms with Crippen LogP contribution in [0, 0.1) is 0 Å². The van der Waals surface area contributed by atoms with Gasteiger partial charge in [-0.1, -0.05) is 36.4 Å². The Kier molecular flexibility index (Phi) is 6.54. The SMILES string of the molecule is COc1cc2c(cc1OC)[C@H](C(=O)N1CCN(c3ccccc3OC)CC1)[C@H]1c3ccccc3CCN1C2=O. The molecule has 6 rings (SSSR count). The van der Waals surface area contributed by atoms with Gasteiger partial charge in [-0.2, -0.15) is 0 Å². The van der Waals surface area contributed by atoms with Crippen LogP contribution in [0.15, 0.2) is 60.7 Å². The van der Waals surface area contributed by atoms with Crippen LogP contribution in [0.4, 0.5) is 5.69 Å². The number of fused-ring (bicyclic) bond motifs is 4. The van der Waals surface area contributed by atoms with Crippen molar-refractivity contribution in [2.75, 3.05) is 59.0 Å². The molecule has 2 atom stereocenters. The summed E-state index contributed by atoms with van der Waals surface area (Å²) in [5, 5.41) is 0. The zero-order valence-corrected chi connectivity index (χ0v) is 22.6. The predicted molar refractivity (Wildman–Crippen MR) is 148 cm³/mol. The van der Waals surface area contributed by atoms with Crippen LogP contribution >= 0.6 is 0 Å². The second-order valence-electron chi connectivity index (χ2n) is 10.1. The molecule has 0 spiro atoms. The summed E-state index contributed by atoms with van der Waals surface area (Å²) in [6.45, 7) is 3.12. The molecular weight excluding hydrogens is 494 g/mol. The van der Waals surface area contributed by atoms with E-state index in [2.05, 4.69) is 23.1 Å². The molecule has 0 unspecified atom stereocenters. The summed E-state index contributed by atoms with van der Waals surface area (Å²) in [7, 11) is 4.81. The van der Waals surface area contributed by atoms with Crippen molar-refractivity contribution in [3.8, 4) is 17.2 Å². The standard InChI is InChI=1S/C31H33N3O5/c1-37-25-11-7-6-10-24(25)32-14-16-33(17-15-32)31(36)28-22-18-26(38-2)27(39-3)19-23(22)30(35)34-13-12-20-8-4-5-9-21(20)29(28)34/h4-11,18-19,28-29H,12-17H2,1-3H3/t28-,29+/m0/s1. The summed E-state index contributed by atoms with van der Waals surface area (Å²) >= 11 is 0. The van der Waals surface area contributed by atoms with Gasteiger partial charge < -0.3 is 28.9 Å². The van der Waals surface area contributed by atoms with Gasteiger partial charge in [-0.25, -0.2) is 0 Å². The van der Waals surface area contributed by atoms with Crippen molar-refractivity contribution in [2.45, 2.75) is 18.4 Å². The quantitative estimate of drug-likeness (QED) is 0.501. The number of carbonyl (C=O) groups is 2. The fourth-order valence-corrected chi connectivity index (χ4v) is 6.37. The molecule has 2 amide bonds. The Balaban J connectivity index is 1.38. The summed E-state index contributed by atoms with van der Waals surface area (Å²) in [4.78, 5) is 34.4. The van der Waals surface area contributed by atoms with Gasteiger partial charge in [0.15, 0.2) is 11.5 Å². The summed E-state index contributed by atoms with van der Waals surface area (Å²) in [6.07, 6.45) is 0.763. The molecule has 0 N–H and O–H groups in total. The summed E-state index contributed by atoms with van der Waals surface area (Å²) in [6, 6.07) is 19.3. The molecule has 3 aliphatic rings. The minimum Gasteiger partial charge on any atom is -0.495 e. The number of anilines is 1. The maximum Gasteiger partial charge on any atom is 0.254 e. The lowest BCUT2D eigenvalue weighted by molar-refractivity contribution is -0.135. The van der Waals surface area contributed by atoms with E-state index in [-0.39, 0.29) is 17.9 Å². The Hall–Kier alpha value is -4.20. The highest BCUT2D eigenvalue weighted by Crippen LogP contribution is 2.49. The molecule has 3 aromatic carbocycles. The molecule has 1 fully saturated rings. The lowest BCUT2D eigenvalue weighted by Gasteiger charge is -2.47. The van der Waals surface area contributed by atoms with Crippen molar-refractivity contribution in [3.05, 3.63) is 82.9 Å². The first-order valence-corrected chi connectivity index (χ1v) is 13.4. The highest BCUT2D eigenvalue weighted by Gasteiger charge is 2.48. The van der Waals surface area contributed by atoms with E-state index >= 15 is 0 Å². The number of rotatable bonds is 5. The number of hydrogen-bond donors (Lipinski definition) is 0. The van der Waals surface area contributed by atoms with Gasteiger partial charge in [0.05, 0.1) is 39.0 Å². The number of para-hydroxylation sites is 2. The zero-order valence-electron chi connectivity index (χ0n) is 22.6. The molecule has 3 aliphatic heterocycles. The first-order chi connectivity index (χ1) is 19.0. The smallest absolute Gasteiger partial charge is 0.254 e. The average Bonchev–Trinajstić information content (AvgIpc) is 3.00. The predicted octanol–water partition coefficient (Wildman–Crippen LogP) is 3.90. The Morgan fingerprint density at radius 3 is 2.18 bits per heavy atom. The average molecular weight is 528 g/mol. The second kappa shape index (κ2) is 10.2. The molecule has 8 heteroatoms. The van der Waals surface area contributed by atoms with E-state index < -0.39 is 5.92 Å². The fraction of sp³-hybridized carbons (Fsp3) is 0.355. The van der Waals surface area contributed by atoms with E-state index in [1.54, 1.807) is 27.4 Å². The molecule has 202 valence electrons. The minimum atomic E-state index is -0.545. The molecule has 3 aromatic rings. The highest BCUT2D eigenvalue weighted by atomic mass is 16.5. The van der Waals surface area contributed by atoms with Crippen molar-refractivity contribution in [2.24, 2.45) is 0 Å². The maximum atomic E-state index is 14.5. The minimum absolute atomic E-state index is 0.0300. The Morgan fingerprint density at radius 1 is 0.769 bits per heavy atom. The summed E-state index contributed by atoms with van der Waals surface area (Å²) in [5.41, 5.74) is 4.48. The van der Waals surface area contributed by atoms with Crippen LogP contribution in [-0.4, -0.2) is 75.7 Å². The van der Waals surface area contributed by atoms with Gasteiger partial charge in [0.25, 0.3) is 5.91 Å². The van der Waals surface area contributed by atoms with Crippen molar-refractivity contribution in [1.82, 2.24) is 9.80 Å². The first kappa shape index (κ1) is 25.1. The largest absolute Gasteiger partial charge is 0.495 e. The zero-order chi connectivity index (χ0) is 27.1. The van der Waals surface area contributed by atoms with Crippen LogP contribution in [0.1, 0.15) is 39.0 Å². The number of benzene rings is 3. The van der Waals surface area contributed by atoms with Crippen molar-refractivity contribution in [1.29, 1.82) is 0 Å². The number of methoxy groups -OCH3 is 3. The molecule has 0 aromatic heterocycles. The highest BCUT2D eigenvalue weighted by molar-refractivity contribution is 6.02. The van der Waals surface area contributed by atoms with E-state index in [4.69, 9.17) is 14.2 Å². The fourth-order valence-electron chi connectivity index (χ4n) is 6.37.